The van der Waals surface area contributed by atoms with Crippen LogP contribution in [0.1, 0.15) is 23.6 Å². The lowest BCUT2D eigenvalue weighted by Crippen LogP contribution is -2.32. The molecule has 0 radical (unpaired) electrons. The molecule has 0 unspecified atom stereocenters. The van der Waals surface area contributed by atoms with Crippen molar-refractivity contribution in [2.45, 2.75) is 12.5 Å². The minimum absolute atomic E-state index is 0.138. The molecule has 1 heterocycles. The summed E-state index contributed by atoms with van der Waals surface area (Å²) in [5, 5.41) is 10.9. The Morgan fingerprint density at radius 3 is 2.46 bits per heavy atom. The van der Waals surface area contributed by atoms with Gasteiger partial charge in [0.05, 0.1) is 11.6 Å². The molecule has 1 amide bonds. The lowest BCUT2D eigenvalue weighted by molar-refractivity contribution is -0.139. The van der Waals surface area contributed by atoms with E-state index in [1.54, 1.807) is 29.2 Å². The van der Waals surface area contributed by atoms with Crippen molar-refractivity contribution in [1.29, 1.82) is 0 Å². The summed E-state index contributed by atoms with van der Waals surface area (Å²) in [6.07, 6.45) is 0.732. The Bertz CT molecular complexity index is 909. The van der Waals surface area contributed by atoms with Gasteiger partial charge < -0.3 is 14.9 Å². The summed E-state index contributed by atoms with van der Waals surface area (Å²) < 4.78 is 0.851. The monoisotopic (exact) mass is 442 g/mol. The maximum Gasteiger partial charge on any atom is 0.295 e. The summed E-state index contributed by atoms with van der Waals surface area (Å²) in [5.41, 5.74) is 1.45. The van der Waals surface area contributed by atoms with E-state index in [2.05, 4.69) is 15.9 Å². The summed E-state index contributed by atoms with van der Waals surface area (Å²) in [4.78, 5) is 29.3. The molecule has 1 saturated heterocycles. The van der Waals surface area contributed by atoms with Crippen molar-refractivity contribution in [2.75, 3.05) is 27.2 Å². The number of amides is 1. The summed E-state index contributed by atoms with van der Waals surface area (Å²) in [6.45, 7) is 1.23. The molecular weight excluding hydrogens is 420 g/mol. The van der Waals surface area contributed by atoms with Crippen LogP contribution in [0.4, 0.5) is 0 Å². The molecule has 2 aromatic rings. The smallest absolute Gasteiger partial charge is 0.295 e. The van der Waals surface area contributed by atoms with Crippen molar-refractivity contribution in [3.63, 3.8) is 0 Å². The van der Waals surface area contributed by atoms with Crippen LogP contribution in [-0.4, -0.2) is 53.8 Å². The molecule has 1 aliphatic heterocycles. The normalized spacial score (nSPS) is 18.9. The van der Waals surface area contributed by atoms with Crippen LogP contribution in [0.5, 0.6) is 0 Å². The van der Waals surface area contributed by atoms with E-state index in [0.717, 1.165) is 23.0 Å². The zero-order chi connectivity index (χ0) is 20.3. The molecule has 3 rings (SSSR count). The minimum atomic E-state index is -0.642. The van der Waals surface area contributed by atoms with Crippen LogP contribution in [0.25, 0.3) is 5.76 Å². The lowest BCUT2D eigenvalue weighted by atomic mass is 9.95. The molecule has 28 heavy (non-hydrogen) atoms. The number of rotatable bonds is 6. The molecular formula is C22H23BrN2O3. The van der Waals surface area contributed by atoms with Crippen LogP contribution in [-0.2, 0) is 9.59 Å². The molecule has 0 spiro atoms. The van der Waals surface area contributed by atoms with Gasteiger partial charge in [-0.3, -0.25) is 9.59 Å². The van der Waals surface area contributed by atoms with Crippen molar-refractivity contribution < 1.29 is 14.7 Å². The molecule has 6 heteroatoms. The van der Waals surface area contributed by atoms with Crippen molar-refractivity contribution in [1.82, 2.24) is 9.80 Å². The number of hydrogen-bond donors (Lipinski definition) is 1. The number of Topliss-reactive ketones (excluding diaryl/α,β-unsaturated/α-hetero) is 1. The van der Waals surface area contributed by atoms with Gasteiger partial charge >= 0.3 is 0 Å². The summed E-state index contributed by atoms with van der Waals surface area (Å²) in [6, 6.07) is 15.8. The number of hydrogen-bond acceptors (Lipinski definition) is 4. The first-order valence-electron chi connectivity index (χ1n) is 9.14. The Kier molecular flexibility index (Phi) is 6.31. The minimum Gasteiger partial charge on any atom is -0.507 e. The number of halogens is 1. The number of aliphatic hydroxyl groups excluding tert-OH is 1. The first kappa shape index (κ1) is 20.3. The number of carbonyl (C=O) groups excluding carboxylic acids is 2. The molecule has 0 saturated carbocycles. The molecule has 146 valence electrons. The zero-order valence-electron chi connectivity index (χ0n) is 15.9. The van der Waals surface area contributed by atoms with Crippen molar-refractivity contribution >= 4 is 33.4 Å². The molecule has 2 aromatic carbocycles. The second-order valence-electron chi connectivity index (χ2n) is 7.07. The number of nitrogens with zero attached hydrogens (tertiary/aromatic N) is 2. The van der Waals surface area contributed by atoms with E-state index in [9.17, 15) is 14.7 Å². The number of benzene rings is 2. The van der Waals surface area contributed by atoms with Gasteiger partial charge in [0.2, 0.25) is 0 Å². The van der Waals surface area contributed by atoms with Crippen molar-refractivity contribution in [2.24, 2.45) is 0 Å². The fourth-order valence-electron chi connectivity index (χ4n) is 3.44. The van der Waals surface area contributed by atoms with E-state index in [4.69, 9.17) is 0 Å². The van der Waals surface area contributed by atoms with Gasteiger partial charge in [0.15, 0.2) is 0 Å². The van der Waals surface area contributed by atoms with Crippen LogP contribution >= 0.6 is 15.9 Å². The SMILES string of the molecule is CN(C)CCCN1C(=O)C(=O)C(=C(O)c2ccccc2)[C@@H]1c1cccc(Br)c1. The zero-order valence-corrected chi connectivity index (χ0v) is 17.5. The fourth-order valence-corrected chi connectivity index (χ4v) is 3.86. The number of ketones is 1. The van der Waals surface area contributed by atoms with E-state index < -0.39 is 17.7 Å². The average molecular weight is 443 g/mol. The molecule has 1 aliphatic rings. The second kappa shape index (κ2) is 8.71. The van der Waals surface area contributed by atoms with Gasteiger partial charge in [-0.15, -0.1) is 0 Å². The summed E-state index contributed by atoms with van der Waals surface area (Å²) >= 11 is 3.46. The predicted octanol–water partition coefficient (Wildman–Crippen LogP) is 3.82. The number of likely N-dealkylation sites (tertiary alicyclic amines) is 1. The third-order valence-electron chi connectivity index (χ3n) is 4.76. The molecule has 1 N–H and O–H groups in total. The summed E-state index contributed by atoms with van der Waals surface area (Å²) in [7, 11) is 3.94. The van der Waals surface area contributed by atoms with Gasteiger partial charge in [-0.25, -0.2) is 0 Å². The van der Waals surface area contributed by atoms with Crippen LogP contribution in [0.3, 0.4) is 0 Å². The van der Waals surface area contributed by atoms with E-state index in [0.29, 0.717) is 12.1 Å². The Morgan fingerprint density at radius 2 is 1.82 bits per heavy atom. The Morgan fingerprint density at radius 1 is 1.11 bits per heavy atom. The average Bonchev–Trinajstić information content (AvgIpc) is 2.93. The number of aliphatic hydroxyl groups is 1. The molecule has 5 nitrogen and oxygen atoms in total. The first-order chi connectivity index (χ1) is 13.4. The van der Waals surface area contributed by atoms with Crippen LogP contribution < -0.4 is 0 Å². The fraction of sp³-hybridized carbons (Fsp3) is 0.273. The molecule has 0 aromatic heterocycles. The Hall–Kier alpha value is -2.44. The maximum atomic E-state index is 12.9. The maximum absolute atomic E-state index is 12.9. The third kappa shape index (κ3) is 4.18. The lowest BCUT2D eigenvalue weighted by Gasteiger charge is -2.26. The van der Waals surface area contributed by atoms with Gasteiger partial charge in [0.25, 0.3) is 11.7 Å². The second-order valence-corrected chi connectivity index (χ2v) is 7.99. The van der Waals surface area contributed by atoms with Gasteiger partial charge in [-0.1, -0.05) is 58.4 Å². The van der Waals surface area contributed by atoms with Crippen molar-refractivity contribution in [3.8, 4) is 0 Å². The highest BCUT2D eigenvalue weighted by Gasteiger charge is 2.45. The molecule has 0 aliphatic carbocycles. The predicted molar refractivity (Wildman–Crippen MR) is 113 cm³/mol. The van der Waals surface area contributed by atoms with Crippen molar-refractivity contribution in [3.05, 3.63) is 75.8 Å². The van der Waals surface area contributed by atoms with Crippen LogP contribution in [0.2, 0.25) is 0 Å². The van der Waals surface area contributed by atoms with E-state index >= 15 is 0 Å². The van der Waals surface area contributed by atoms with Crippen LogP contribution in [0, 0.1) is 0 Å². The van der Waals surface area contributed by atoms with Crippen LogP contribution in [0.15, 0.2) is 64.6 Å². The van der Waals surface area contributed by atoms with Gasteiger partial charge in [-0.05, 0) is 44.8 Å². The molecule has 0 bridgehead atoms. The van der Waals surface area contributed by atoms with E-state index in [-0.39, 0.29) is 11.3 Å². The van der Waals surface area contributed by atoms with Gasteiger partial charge in [-0.2, -0.15) is 0 Å². The highest BCUT2D eigenvalue weighted by molar-refractivity contribution is 9.10. The van der Waals surface area contributed by atoms with Gasteiger partial charge in [0, 0.05) is 16.6 Å². The van der Waals surface area contributed by atoms with E-state index in [1.807, 2.05) is 49.3 Å². The van der Waals surface area contributed by atoms with E-state index in [1.165, 1.54) is 0 Å². The highest BCUT2D eigenvalue weighted by Crippen LogP contribution is 2.40. The first-order valence-corrected chi connectivity index (χ1v) is 9.93. The highest BCUT2D eigenvalue weighted by atomic mass is 79.9. The quantitative estimate of drug-likeness (QED) is 0.419. The largest absolute Gasteiger partial charge is 0.507 e. The molecule has 1 atom stereocenters. The van der Waals surface area contributed by atoms with Gasteiger partial charge in [0.1, 0.15) is 5.76 Å². The number of carbonyl (C=O) groups is 2. The summed E-state index contributed by atoms with van der Waals surface area (Å²) in [5.74, 6) is -1.35. The molecule has 1 fully saturated rings. The topological polar surface area (TPSA) is 60.9 Å². The Balaban J connectivity index is 2.08. The Labute approximate surface area is 173 Å². The third-order valence-corrected chi connectivity index (χ3v) is 5.25. The standard InChI is InChI=1S/C22H23BrN2O3/c1-24(2)12-7-13-25-19(16-10-6-11-17(23)14-16)18(21(27)22(25)28)20(26)15-8-4-3-5-9-15/h3-6,8-11,14,19,26H,7,12-13H2,1-2H3/t19-/m0/s1.